The number of pyridine rings is 1. The number of hydrogen-bond donors (Lipinski definition) is 1. The summed E-state index contributed by atoms with van der Waals surface area (Å²) in [7, 11) is 0. The van der Waals surface area contributed by atoms with Gasteiger partial charge >= 0.3 is 0 Å². The third kappa shape index (κ3) is 1.71. The second-order valence-electron chi connectivity index (χ2n) is 2.51. The molecule has 5 nitrogen and oxygen atoms in total. The summed E-state index contributed by atoms with van der Waals surface area (Å²) in [5.74, 6) is 0.685. The molecule has 2 N–H and O–H groups in total. The van der Waals surface area contributed by atoms with Crippen molar-refractivity contribution in [3.05, 3.63) is 28.1 Å². The van der Waals surface area contributed by atoms with Crippen molar-refractivity contribution in [1.82, 2.24) is 19.7 Å². The van der Waals surface area contributed by atoms with E-state index in [2.05, 4.69) is 31.0 Å². The van der Waals surface area contributed by atoms with Gasteiger partial charge in [0.15, 0.2) is 5.82 Å². The van der Waals surface area contributed by atoms with Gasteiger partial charge in [-0.25, -0.2) is 9.97 Å². The number of hydrogen-bond acceptors (Lipinski definition) is 4. The van der Waals surface area contributed by atoms with Crippen LogP contribution in [0.4, 0.5) is 5.95 Å². The summed E-state index contributed by atoms with van der Waals surface area (Å²) in [6, 6.07) is 1.72. The third-order valence-electron chi connectivity index (χ3n) is 1.51. The minimum atomic E-state index is 0.186. The van der Waals surface area contributed by atoms with Gasteiger partial charge in [-0.15, -0.1) is 5.10 Å². The van der Waals surface area contributed by atoms with E-state index in [0.29, 0.717) is 10.8 Å². The molecule has 7 heteroatoms. The van der Waals surface area contributed by atoms with E-state index in [1.54, 1.807) is 12.3 Å². The summed E-state index contributed by atoms with van der Waals surface area (Å²) in [6.45, 7) is 0. The topological polar surface area (TPSA) is 69.6 Å². The molecule has 0 spiro atoms. The quantitative estimate of drug-likeness (QED) is 0.858. The van der Waals surface area contributed by atoms with Crippen LogP contribution in [0.15, 0.2) is 23.1 Å². The predicted octanol–water partition coefficient (Wildman–Crippen LogP) is 1.66. The Kier molecular flexibility index (Phi) is 2.39. The molecule has 14 heavy (non-hydrogen) atoms. The van der Waals surface area contributed by atoms with Crippen LogP contribution in [0.5, 0.6) is 0 Å². The summed E-state index contributed by atoms with van der Waals surface area (Å²) in [4.78, 5) is 7.86. The summed E-state index contributed by atoms with van der Waals surface area (Å²) >= 11 is 9.21. The van der Waals surface area contributed by atoms with Crippen LogP contribution in [0.1, 0.15) is 0 Å². The zero-order valence-electron chi connectivity index (χ0n) is 6.85. The van der Waals surface area contributed by atoms with E-state index < -0.39 is 0 Å². The monoisotopic (exact) mass is 273 g/mol. The molecule has 0 atom stereocenters. The number of aromatic nitrogens is 4. The Hall–Kier alpha value is -1.14. The molecule has 0 radical (unpaired) electrons. The Labute approximate surface area is 93.0 Å². The predicted molar refractivity (Wildman–Crippen MR) is 56.3 cm³/mol. The van der Waals surface area contributed by atoms with Crippen molar-refractivity contribution in [3.63, 3.8) is 0 Å². The van der Waals surface area contributed by atoms with Gasteiger partial charge < -0.3 is 5.73 Å². The van der Waals surface area contributed by atoms with Crippen LogP contribution in [0.25, 0.3) is 5.82 Å². The summed E-state index contributed by atoms with van der Waals surface area (Å²) < 4.78 is 2.23. The van der Waals surface area contributed by atoms with Gasteiger partial charge in [0.2, 0.25) is 5.95 Å². The van der Waals surface area contributed by atoms with Gasteiger partial charge in [-0.3, -0.25) is 0 Å². The van der Waals surface area contributed by atoms with Gasteiger partial charge in [0.1, 0.15) is 6.33 Å². The summed E-state index contributed by atoms with van der Waals surface area (Å²) in [6.07, 6.45) is 3.08. The van der Waals surface area contributed by atoms with Crippen LogP contribution < -0.4 is 5.73 Å². The first-order chi connectivity index (χ1) is 6.66. The van der Waals surface area contributed by atoms with Gasteiger partial charge in [-0.2, -0.15) is 4.68 Å². The molecule has 0 saturated carbocycles. The second kappa shape index (κ2) is 3.55. The van der Waals surface area contributed by atoms with Gasteiger partial charge in [0, 0.05) is 10.7 Å². The third-order valence-corrected chi connectivity index (χ3v) is 2.23. The van der Waals surface area contributed by atoms with E-state index in [0.717, 1.165) is 4.47 Å². The molecule has 2 aromatic rings. The number of halogens is 2. The fraction of sp³-hybridized carbons (Fsp3) is 0. The van der Waals surface area contributed by atoms with Crippen LogP contribution in [0, 0.1) is 0 Å². The van der Waals surface area contributed by atoms with Crippen molar-refractivity contribution in [2.45, 2.75) is 0 Å². The fourth-order valence-corrected chi connectivity index (χ4v) is 1.67. The first-order valence-corrected chi connectivity index (χ1v) is 4.82. The first kappa shape index (κ1) is 9.42. The molecule has 2 rings (SSSR count). The smallest absolute Gasteiger partial charge is 0.239 e. The van der Waals surface area contributed by atoms with E-state index >= 15 is 0 Å². The average molecular weight is 275 g/mol. The molecule has 0 aliphatic carbocycles. The lowest BCUT2D eigenvalue weighted by Crippen LogP contribution is -1.99. The van der Waals surface area contributed by atoms with Gasteiger partial charge in [-0.05, 0) is 22.0 Å². The molecule has 0 saturated heterocycles. The van der Waals surface area contributed by atoms with Gasteiger partial charge in [-0.1, -0.05) is 11.6 Å². The first-order valence-electron chi connectivity index (χ1n) is 3.65. The highest BCUT2D eigenvalue weighted by Crippen LogP contribution is 2.21. The number of rotatable bonds is 1. The lowest BCUT2D eigenvalue weighted by atomic mass is 10.5. The Morgan fingerprint density at radius 3 is 2.79 bits per heavy atom. The fourth-order valence-electron chi connectivity index (χ4n) is 0.954. The number of nitrogens with two attached hydrogens (primary N) is 1. The normalized spacial score (nSPS) is 10.4. The molecule has 0 aliphatic rings. The number of nitrogens with zero attached hydrogens (tertiary/aromatic N) is 4. The highest BCUT2D eigenvalue weighted by molar-refractivity contribution is 9.10. The Morgan fingerprint density at radius 2 is 2.21 bits per heavy atom. The molecular formula is C7H5BrClN5. The molecule has 72 valence electrons. The SMILES string of the molecule is Nc1ncn(-c2ncc(Br)cc2Cl)n1. The maximum atomic E-state index is 5.95. The van der Waals surface area contributed by atoms with Crippen LogP contribution in [-0.2, 0) is 0 Å². The maximum absolute atomic E-state index is 5.95. The molecule has 0 fully saturated rings. The Balaban J connectivity index is 2.52. The van der Waals surface area contributed by atoms with E-state index in [9.17, 15) is 0 Å². The lowest BCUT2D eigenvalue weighted by Gasteiger charge is -2.01. The van der Waals surface area contributed by atoms with E-state index in [-0.39, 0.29) is 5.95 Å². The van der Waals surface area contributed by atoms with Crippen molar-refractivity contribution in [3.8, 4) is 5.82 Å². The molecule has 0 unspecified atom stereocenters. The minimum absolute atomic E-state index is 0.186. The number of nitrogen functional groups attached to an aromatic ring is 1. The second-order valence-corrected chi connectivity index (χ2v) is 3.83. The average Bonchev–Trinajstić information content (AvgIpc) is 2.51. The molecule has 0 aromatic carbocycles. The maximum Gasteiger partial charge on any atom is 0.239 e. The minimum Gasteiger partial charge on any atom is -0.366 e. The molecular weight excluding hydrogens is 269 g/mol. The van der Waals surface area contributed by atoms with Crippen LogP contribution >= 0.6 is 27.5 Å². The van der Waals surface area contributed by atoms with Crippen molar-refractivity contribution in [1.29, 1.82) is 0 Å². The van der Waals surface area contributed by atoms with Crippen molar-refractivity contribution in [2.24, 2.45) is 0 Å². The van der Waals surface area contributed by atoms with Crippen LogP contribution in [0.2, 0.25) is 5.02 Å². The Bertz CT molecular complexity index is 469. The summed E-state index contributed by atoms with van der Waals surface area (Å²) in [5.41, 5.74) is 5.37. The standard InChI is InChI=1S/C7H5BrClN5/c8-4-1-5(9)6(11-2-4)14-3-12-7(10)13-14/h1-3H,(H2,10,13). The molecule has 0 amide bonds. The van der Waals surface area contributed by atoms with Crippen molar-refractivity contribution >= 4 is 33.5 Å². The number of anilines is 1. The van der Waals surface area contributed by atoms with E-state index in [4.69, 9.17) is 17.3 Å². The Morgan fingerprint density at radius 1 is 1.43 bits per heavy atom. The van der Waals surface area contributed by atoms with E-state index in [1.165, 1.54) is 11.0 Å². The van der Waals surface area contributed by atoms with Crippen molar-refractivity contribution in [2.75, 3.05) is 5.73 Å². The van der Waals surface area contributed by atoms with Gasteiger partial charge in [0.05, 0.1) is 5.02 Å². The summed E-state index contributed by atoms with van der Waals surface area (Å²) in [5, 5.41) is 4.37. The lowest BCUT2D eigenvalue weighted by molar-refractivity contribution is 0.848. The molecule has 2 aromatic heterocycles. The van der Waals surface area contributed by atoms with E-state index in [1.807, 2.05) is 0 Å². The molecule has 0 aliphatic heterocycles. The zero-order chi connectivity index (χ0) is 10.1. The highest BCUT2D eigenvalue weighted by Gasteiger charge is 2.06. The molecule has 2 heterocycles. The van der Waals surface area contributed by atoms with Crippen LogP contribution in [-0.4, -0.2) is 19.7 Å². The van der Waals surface area contributed by atoms with Crippen LogP contribution in [0.3, 0.4) is 0 Å². The highest BCUT2D eigenvalue weighted by atomic mass is 79.9. The molecule has 0 bridgehead atoms. The zero-order valence-corrected chi connectivity index (χ0v) is 9.20. The largest absolute Gasteiger partial charge is 0.366 e. The van der Waals surface area contributed by atoms with Crippen molar-refractivity contribution < 1.29 is 0 Å². The van der Waals surface area contributed by atoms with Gasteiger partial charge in [0.25, 0.3) is 0 Å².